The van der Waals surface area contributed by atoms with Gasteiger partial charge in [0.1, 0.15) is 11.6 Å². The zero-order chi connectivity index (χ0) is 23.9. The summed E-state index contributed by atoms with van der Waals surface area (Å²) in [5.41, 5.74) is 3.31. The van der Waals surface area contributed by atoms with Gasteiger partial charge in [0.2, 0.25) is 0 Å². The molecule has 1 unspecified atom stereocenters. The van der Waals surface area contributed by atoms with Crippen molar-refractivity contribution >= 4 is 5.97 Å². The molecular weight excluding hydrogens is 434 g/mol. The lowest BCUT2D eigenvalue weighted by atomic mass is 9.87. The molecule has 1 aliphatic rings. The largest absolute Gasteiger partial charge is 0.508 e. The van der Waals surface area contributed by atoms with Crippen molar-refractivity contribution in [1.29, 1.82) is 0 Å². The van der Waals surface area contributed by atoms with E-state index in [9.17, 15) is 22.7 Å². The number of carboxylic acids is 1. The van der Waals surface area contributed by atoms with Crippen molar-refractivity contribution in [2.75, 3.05) is 20.8 Å². The van der Waals surface area contributed by atoms with Crippen LogP contribution in [0.4, 0.5) is 17.6 Å². The van der Waals surface area contributed by atoms with E-state index in [2.05, 4.69) is 17.4 Å². The Morgan fingerprint density at radius 2 is 1.75 bits per heavy atom. The first-order valence-corrected chi connectivity index (χ1v) is 9.82. The number of aryl methyl sites for hydroxylation is 1. The SMILES string of the molecule is COc1cc2c(cc1OC)C(NCCc1cc(O)cc(F)c1)CCC2.O=C(O)C(F)(F)F. The number of aromatic hydroxyl groups is 1. The molecule has 0 saturated carbocycles. The Kier molecular flexibility index (Phi) is 8.71. The van der Waals surface area contributed by atoms with E-state index >= 15 is 0 Å². The Hall–Kier alpha value is -3.01. The van der Waals surface area contributed by atoms with E-state index in [-0.39, 0.29) is 11.8 Å². The van der Waals surface area contributed by atoms with Crippen molar-refractivity contribution in [1.82, 2.24) is 5.32 Å². The maximum atomic E-state index is 13.4. The van der Waals surface area contributed by atoms with Crippen LogP contribution < -0.4 is 14.8 Å². The van der Waals surface area contributed by atoms with Gasteiger partial charge in [0.05, 0.1) is 14.2 Å². The zero-order valence-corrected chi connectivity index (χ0v) is 17.6. The molecule has 1 atom stereocenters. The maximum Gasteiger partial charge on any atom is 0.490 e. The molecule has 1 aliphatic carbocycles. The van der Waals surface area contributed by atoms with E-state index < -0.39 is 18.0 Å². The van der Waals surface area contributed by atoms with Crippen molar-refractivity contribution in [3.05, 3.63) is 52.8 Å². The van der Waals surface area contributed by atoms with Gasteiger partial charge in [-0.15, -0.1) is 0 Å². The van der Waals surface area contributed by atoms with Gasteiger partial charge in [-0.05, 0) is 73.2 Å². The molecule has 3 rings (SSSR count). The fraction of sp³-hybridized carbons (Fsp3) is 0.409. The lowest BCUT2D eigenvalue weighted by Crippen LogP contribution is -2.27. The highest BCUT2D eigenvalue weighted by Crippen LogP contribution is 2.38. The van der Waals surface area contributed by atoms with Crippen LogP contribution in [0.2, 0.25) is 0 Å². The highest BCUT2D eigenvalue weighted by molar-refractivity contribution is 5.73. The van der Waals surface area contributed by atoms with Crippen molar-refractivity contribution in [2.24, 2.45) is 0 Å². The molecule has 0 bridgehead atoms. The fourth-order valence-corrected chi connectivity index (χ4v) is 3.51. The number of aliphatic carboxylic acids is 1. The minimum atomic E-state index is -5.08. The molecule has 176 valence electrons. The number of alkyl halides is 3. The summed E-state index contributed by atoms with van der Waals surface area (Å²) in [5.74, 6) is -1.70. The number of hydrogen-bond donors (Lipinski definition) is 3. The number of hydrogen-bond acceptors (Lipinski definition) is 5. The van der Waals surface area contributed by atoms with Gasteiger partial charge in [0, 0.05) is 12.1 Å². The van der Waals surface area contributed by atoms with Crippen molar-refractivity contribution in [2.45, 2.75) is 37.9 Å². The smallest absolute Gasteiger partial charge is 0.490 e. The summed E-state index contributed by atoms with van der Waals surface area (Å²) in [6.45, 7) is 0.710. The number of carbonyl (C=O) groups is 1. The van der Waals surface area contributed by atoms with E-state index in [1.54, 1.807) is 20.3 Å². The summed E-state index contributed by atoms with van der Waals surface area (Å²) in [6.07, 6.45) is -1.23. The maximum absolute atomic E-state index is 13.4. The molecule has 0 radical (unpaired) electrons. The lowest BCUT2D eigenvalue weighted by molar-refractivity contribution is -0.192. The zero-order valence-electron chi connectivity index (χ0n) is 17.6. The van der Waals surface area contributed by atoms with Crippen LogP contribution in [0.5, 0.6) is 17.2 Å². The van der Waals surface area contributed by atoms with Crippen LogP contribution in [0.1, 0.15) is 35.6 Å². The summed E-state index contributed by atoms with van der Waals surface area (Å²) in [4.78, 5) is 8.90. The van der Waals surface area contributed by atoms with Gasteiger partial charge in [-0.2, -0.15) is 13.2 Å². The topological polar surface area (TPSA) is 88.0 Å². The summed E-state index contributed by atoms with van der Waals surface area (Å²) >= 11 is 0. The number of methoxy groups -OCH3 is 2. The van der Waals surface area contributed by atoms with Crippen LogP contribution in [0.15, 0.2) is 30.3 Å². The quantitative estimate of drug-likeness (QED) is 0.556. The van der Waals surface area contributed by atoms with Gasteiger partial charge < -0.3 is 25.0 Å². The predicted octanol–water partition coefficient (Wildman–Crippen LogP) is 4.39. The van der Waals surface area contributed by atoms with E-state index in [0.717, 1.165) is 42.4 Å². The van der Waals surface area contributed by atoms with Gasteiger partial charge in [0.25, 0.3) is 0 Å². The molecule has 6 nitrogen and oxygen atoms in total. The molecule has 0 heterocycles. The van der Waals surface area contributed by atoms with E-state index in [1.165, 1.54) is 17.2 Å². The van der Waals surface area contributed by atoms with Crippen LogP contribution in [0.25, 0.3) is 0 Å². The van der Waals surface area contributed by atoms with Crippen LogP contribution in [0, 0.1) is 5.82 Å². The van der Waals surface area contributed by atoms with Crippen molar-refractivity contribution in [3.8, 4) is 17.2 Å². The van der Waals surface area contributed by atoms with E-state index in [4.69, 9.17) is 19.4 Å². The van der Waals surface area contributed by atoms with Gasteiger partial charge in [-0.3, -0.25) is 0 Å². The Morgan fingerprint density at radius 1 is 1.12 bits per heavy atom. The number of benzene rings is 2. The fourth-order valence-electron chi connectivity index (χ4n) is 3.51. The van der Waals surface area contributed by atoms with Crippen molar-refractivity contribution in [3.63, 3.8) is 0 Å². The molecule has 2 aromatic rings. The standard InChI is InChI=1S/C20H24FNO3.C2HF3O2/c1-24-19-10-14-4-3-5-18(17(14)12-20(19)25-2)22-7-6-13-8-15(21)11-16(23)9-13;3-2(4,5)1(6)7/h8-12,18,22-23H,3-7H2,1-2H3;(H,6,7). The average Bonchev–Trinajstić information content (AvgIpc) is 2.72. The van der Waals surface area contributed by atoms with Gasteiger partial charge in [-0.25, -0.2) is 9.18 Å². The lowest BCUT2D eigenvalue weighted by Gasteiger charge is -2.28. The summed E-state index contributed by atoms with van der Waals surface area (Å²) in [7, 11) is 3.29. The van der Waals surface area contributed by atoms with Crippen LogP contribution in [-0.2, 0) is 17.6 Å². The second-order valence-electron chi connectivity index (χ2n) is 7.18. The molecule has 0 amide bonds. The molecule has 0 aromatic heterocycles. The number of nitrogens with one attached hydrogen (secondary N) is 1. The summed E-state index contributed by atoms with van der Waals surface area (Å²) in [6, 6.07) is 8.54. The van der Waals surface area contributed by atoms with Gasteiger partial charge in [-0.1, -0.05) is 0 Å². The first kappa shape index (κ1) is 25.3. The van der Waals surface area contributed by atoms with Gasteiger partial charge in [0.15, 0.2) is 11.5 Å². The summed E-state index contributed by atoms with van der Waals surface area (Å²) < 4.78 is 55.9. The number of halogens is 4. The molecule has 0 saturated heterocycles. The highest BCUT2D eigenvalue weighted by Gasteiger charge is 2.38. The number of phenolic OH excluding ortho intramolecular Hbond substituents is 1. The number of carboxylic acid groups (broad SMARTS) is 1. The third-order valence-corrected chi connectivity index (χ3v) is 4.95. The Labute approximate surface area is 182 Å². The Morgan fingerprint density at radius 3 is 2.31 bits per heavy atom. The third-order valence-electron chi connectivity index (χ3n) is 4.95. The van der Waals surface area contributed by atoms with E-state index in [0.29, 0.717) is 13.0 Å². The number of phenols is 1. The summed E-state index contributed by atoms with van der Waals surface area (Å²) in [5, 5.41) is 20.2. The normalized spacial score (nSPS) is 15.2. The van der Waals surface area contributed by atoms with E-state index in [1.807, 2.05) is 0 Å². The molecule has 0 fully saturated rings. The number of rotatable bonds is 6. The molecule has 3 N–H and O–H groups in total. The van der Waals surface area contributed by atoms with Crippen LogP contribution >= 0.6 is 0 Å². The molecular formula is C22H25F4NO5. The minimum absolute atomic E-state index is 0.0326. The number of fused-ring (bicyclic) bond motifs is 1. The Balaban J connectivity index is 0.000000451. The minimum Gasteiger partial charge on any atom is -0.508 e. The second kappa shape index (κ2) is 11.0. The van der Waals surface area contributed by atoms with Crippen LogP contribution in [0.3, 0.4) is 0 Å². The first-order chi connectivity index (χ1) is 15.0. The van der Waals surface area contributed by atoms with Crippen LogP contribution in [-0.4, -0.2) is 43.1 Å². The van der Waals surface area contributed by atoms with Gasteiger partial charge >= 0.3 is 12.1 Å². The number of ether oxygens (including phenoxy) is 2. The second-order valence-corrected chi connectivity index (χ2v) is 7.18. The Bertz CT molecular complexity index is 913. The molecule has 0 spiro atoms. The first-order valence-electron chi connectivity index (χ1n) is 9.82. The highest BCUT2D eigenvalue weighted by atomic mass is 19.4. The molecule has 2 aromatic carbocycles. The third kappa shape index (κ3) is 7.01. The predicted molar refractivity (Wildman–Crippen MR) is 109 cm³/mol. The molecule has 32 heavy (non-hydrogen) atoms. The average molecular weight is 459 g/mol. The monoisotopic (exact) mass is 459 g/mol. The molecule has 10 heteroatoms. The molecule has 0 aliphatic heterocycles. The van der Waals surface area contributed by atoms with Crippen molar-refractivity contribution < 1.29 is 42.0 Å².